The zero-order valence-electron chi connectivity index (χ0n) is 14.7. The molecule has 1 aliphatic carbocycles. The summed E-state index contributed by atoms with van der Waals surface area (Å²) in [6, 6.07) is 15.7. The largest absolute Gasteiger partial charge is 0.461 e. The van der Waals surface area contributed by atoms with E-state index in [4.69, 9.17) is 4.74 Å². The molecule has 0 amide bonds. The molecule has 3 rings (SSSR count). The molecule has 0 aliphatic heterocycles. The molecule has 2 aromatic rings. The Bertz CT molecular complexity index is 847. The van der Waals surface area contributed by atoms with Gasteiger partial charge in [-0.2, -0.15) is 0 Å². The number of sulfonamides is 1. The first kappa shape index (κ1) is 18.6. The van der Waals surface area contributed by atoms with Crippen LogP contribution in [0.2, 0.25) is 0 Å². The number of nitrogens with one attached hydrogen (secondary N) is 1. The van der Waals surface area contributed by atoms with Crippen molar-refractivity contribution in [3.8, 4) is 0 Å². The molecule has 2 atom stereocenters. The van der Waals surface area contributed by atoms with Crippen molar-refractivity contribution < 1.29 is 17.9 Å². The fourth-order valence-corrected chi connectivity index (χ4v) is 4.51. The maximum atomic E-state index is 12.6. The predicted molar refractivity (Wildman–Crippen MR) is 98.9 cm³/mol. The van der Waals surface area contributed by atoms with E-state index in [1.165, 1.54) is 0 Å². The van der Waals surface area contributed by atoms with Gasteiger partial charge < -0.3 is 4.74 Å². The summed E-state index contributed by atoms with van der Waals surface area (Å²) >= 11 is 0. The van der Waals surface area contributed by atoms with E-state index in [0.717, 1.165) is 17.5 Å². The minimum absolute atomic E-state index is 0.202. The second-order valence-corrected chi connectivity index (χ2v) is 8.39. The molecule has 1 fully saturated rings. The number of hydrogen-bond donors (Lipinski definition) is 1. The number of benzene rings is 2. The van der Waals surface area contributed by atoms with Crippen LogP contribution in [0.3, 0.4) is 0 Å². The minimum Gasteiger partial charge on any atom is -0.461 e. The third kappa shape index (κ3) is 4.51. The lowest BCUT2D eigenvalue weighted by atomic mass is 10.1. The molecule has 1 aliphatic rings. The molecule has 2 aromatic carbocycles. The van der Waals surface area contributed by atoms with E-state index >= 15 is 0 Å². The Morgan fingerprint density at radius 3 is 2.46 bits per heavy atom. The average molecular weight is 373 g/mol. The summed E-state index contributed by atoms with van der Waals surface area (Å²) in [7, 11) is -3.65. The summed E-state index contributed by atoms with van der Waals surface area (Å²) in [4.78, 5) is 12.7. The molecule has 0 radical (unpaired) electrons. The van der Waals surface area contributed by atoms with Crippen molar-refractivity contribution in [3.05, 3.63) is 65.7 Å². The molecule has 0 spiro atoms. The lowest BCUT2D eigenvalue weighted by Crippen LogP contribution is -2.40. The first-order valence-electron chi connectivity index (χ1n) is 8.75. The van der Waals surface area contributed by atoms with Gasteiger partial charge in [0.2, 0.25) is 10.0 Å². The normalized spacial score (nSPS) is 20.0. The van der Waals surface area contributed by atoms with Crippen molar-refractivity contribution in [2.75, 3.05) is 0 Å². The van der Waals surface area contributed by atoms with E-state index in [1.54, 1.807) is 24.3 Å². The lowest BCUT2D eigenvalue weighted by molar-refractivity contribution is -0.150. The summed E-state index contributed by atoms with van der Waals surface area (Å²) in [5, 5.41) is 0. The molecular formula is C20H23NO4S. The van der Waals surface area contributed by atoms with Gasteiger partial charge in [-0.05, 0) is 37.5 Å². The quantitative estimate of drug-likeness (QED) is 0.790. The van der Waals surface area contributed by atoms with E-state index < -0.39 is 22.0 Å². The smallest absolute Gasteiger partial charge is 0.310 e. The van der Waals surface area contributed by atoms with Crippen molar-refractivity contribution in [1.82, 2.24) is 4.72 Å². The van der Waals surface area contributed by atoms with Gasteiger partial charge in [0.05, 0.1) is 10.8 Å². The molecule has 1 saturated carbocycles. The highest BCUT2D eigenvalue weighted by atomic mass is 32.2. The van der Waals surface area contributed by atoms with Gasteiger partial charge in [-0.3, -0.25) is 4.79 Å². The molecule has 138 valence electrons. The third-order valence-corrected chi connectivity index (χ3v) is 6.19. The maximum absolute atomic E-state index is 12.6. The Labute approximate surface area is 154 Å². The number of carbonyl (C=O) groups excluding carboxylic acids is 1. The lowest BCUT2D eigenvalue weighted by Gasteiger charge is -2.20. The van der Waals surface area contributed by atoms with Crippen LogP contribution in [-0.4, -0.2) is 20.4 Å². The summed E-state index contributed by atoms with van der Waals surface area (Å²) in [5.74, 6) is -0.790. The zero-order valence-corrected chi connectivity index (χ0v) is 15.5. The van der Waals surface area contributed by atoms with Gasteiger partial charge in [0.25, 0.3) is 0 Å². The fourth-order valence-electron chi connectivity index (χ4n) is 3.20. The van der Waals surface area contributed by atoms with Gasteiger partial charge in [0.15, 0.2) is 0 Å². The molecule has 1 N–H and O–H groups in total. The van der Waals surface area contributed by atoms with Crippen LogP contribution in [0, 0.1) is 12.8 Å². The van der Waals surface area contributed by atoms with Crippen molar-refractivity contribution in [3.63, 3.8) is 0 Å². The van der Waals surface area contributed by atoms with Crippen LogP contribution in [0.25, 0.3) is 0 Å². The highest BCUT2D eigenvalue weighted by molar-refractivity contribution is 7.89. The van der Waals surface area contributed by atoms with Crippen LogP contribution in [0.4, 0.5) is 0 Å². The third-order valence-electron chi connectivity index (χ3n) is 4.68. The van der Waals surface area contributed by atoms with E-state index in [2.05, 4.69) is 4.72 Å². The van der Waals surface area contributed by atoms with Gasteiger partial charge in [-0.15, -0.1) is 0 Å². The monoisotopic (exact) mass is 373 g/mol. The van der Waals surface area contributed by atoms with Crippen LogP contribution < -0.4 is 4.72 Å². The van der Waals surface area contributed by atoms with Crippen molar-refractivity contribution in [2.45, 2.75) is 43.7 Å². The molecule has 26 heavy (non-hydrogen) atoms. The second-order valence-electron chi connectivity index (χ2n) is 6.67. The Morgan fingerprint density at radius 2 is 1.77 bits per heavy atom. The van der Waals surface area contributed by atoms with Crippen LogP contribution in [0.15, 0.2) is 59.5 Å². The number of carbonyl (C=O) groups is 1. The van der Waals surface area contributed by atoms with E-state index in [0.29, 0.717) is 12.8 Å². The SMILES string of the molecule is Cc1ccc(S(=O)(=O)N[C@@H]2CCC[C@@H]2C(=O)OCc2ccccc2)cc1. The van der Waals surface area contributed by atoms with Crippen molar-refractivity contribution in [1.29, 1.82) is 0 Å². The molecule has 5 nitrogen and oxygen atoms in total. The topological polar surface area (TPSA) is 72.5 Å². The summed E-state index contributed by atoms with van der Waals surface area (Å²) in [5.41, 5.74) is 1.91. The highest BCUT2D eigenvalue weighted by Crippen LogP contribution is 2.28. The molecular weight excluding hydrogens is 350 g/mol. The molecule has 0 saturated heterocycles. The summed E-state index contributed by atoms with van der Waals surface area (Å²) < 4.78 is 33.3. The van der Waals surface area contributed by atoms with E-state index in [-0.39, 0.29) is 17.5 Å². The average Bonchev–Trinajstić information content (AvgIpc) is 3.08. The van der Waals surface area contributed by atoms with Gasteiger partial charge in [0.1, 0.15) is 6.61 Å². The molecule has 6 heteroatoms. The van der Waals surface area contributed by atoms with Crippen molar-refractivity contribution >= 4 is 16.0 Å². The van der Waals surface area contributed by atoms with Crippen LogP contribution >= 0.6 is 0 Å². The molecule has 0 unspecified atom stereocenters. The van der Waals surface area contributed by atoms with Gasteiger partial charge >= 0.3 is 5.97 Å². The number of esters is 1. The van der Waals surface area contributed by atoms with Crippen LogP contribution in [0.5, 0.6) is 0 Å². The molecule has 0 heterocycles. The van der Waals surface area contributed by atoms with Gasteiger partial charge in [-0.1, -0.05) is 54.4 Å². The summed E-state index contributed by atoms with van der Waals surface area (Å²) in [6.07, 6.45) is 2.07. The minimum atomic E-state index is -3.65. The van der Waals surface area contributed by atoms with Gasteiger partial charge in [0, 0.05) is 6.04 Å². The Kier molecular flexibility index (Phi) is 5.74. The second kappa shape index (κ2) is 8.01. The number of hydrogen-bond acceptors (Lipinski definition) is 4. The Balaban J connectivity index is 1.64. The standard InChI is InChI=1S/C20H23NO4S/c1-15-10-12-17(13-11-15)26(23,24)21-19-9-5-8-18(19)20(22)25-14-16-6-3-2-4-7-16/h2-4,6-7,10-13,18-19,21H,5,8-9,14H2,1H3/t18-,19+/m0/s1. The zero-order chi connectivity index (χ0) is 18.6. The predicted octanol–water partition coefficient (Wildman–Crippen LogP) is 3.19. The molecule has 0 bridgehead atoms. The van der Waals surface area contributed by atoms with Gasteiger partial charge in [-0.25, -0.2) is 13.1 Å². The Morgan fingerprint density at radius 1 is 1.08 bits per heavy atom. The first-order valence-corrected chi connectivity index (χ1v) is 10.2. The van der Waals surface area contributed by atoms with Crippen LogP contribution in [0.1, 0.15) is 30.4 Å². The molecule has 0 aromatic heterocycles. The number of rotatable bonds is 6. The summed E-state index contributed by atoms with van der Waals surface area (Å²) in [6.45, 7) is 2.10. The van der Waals surface area contributed by atoms with Crippen molar-refractivity contribution in [2.24, 2.45) is 5.92 Å². The number of ether oxygens (including phenoxy) is 1. The Hall–Kier alpha value is -2.18. The maximum Gasteiger partial charge on any atom is 0.310 e. The highest BCUT2D eigenvalue weighted by Gasteiger charge is 2.37. The first-order chi connectivity index (χ1) is 12.5. The number of aryl methyl sites for hydroxylation is 1. The van der Waals surface area contributed by atoms with E-state index in [9.17, 15) is 13.2 Å². The van der Waals surface area contributed by atoms with E-state index in [1.807, 2.05) is 37.3 Å². The van der Waals surface area contributed by atoms with Crippen LogP contribution in [-0.2, 0) is 26.2 Å². The fraction of sp³-hybridized carbons (Fsp3) is 0.350.